The summed E-state index contributed by atoms with van der Waals surface area (Å²) in [5, 5.41) is 7.05. The van der Waals surface area contributed by atoms with Gasteiger partial charge >= 0.3 is 0 Å². The number of hydrogen-bond donors (Lipinski definition) is 2. The maximum absolute atomic E-state index is 14.4. The summed E-state index contributed by atoms with van der Waals surface area (Å²) in [7, 11) is 1.86. The number of nitrogens with one attached hydrogen (secondary N) is 2. The van der Waals surface area contributed by atoms with Gasteiger partial charge in [0.1, 0.15) is 11.9 Å². The van der Waals surface area contributed by atoms with Gasteiger partial charge in [-0.3, -0.25) is 19.3 Å². The van der Waals surface area contributed by atoms with Gasteiger partial charge in [0.05, 0.1) is 0 Å². The molecule has 10 heteroatoms. The van der Waals surface area contributed by atoms with E-state index < -0.39 is 6.04 Å². The monoisotopic (exact) mass is 745 g/mol. The number of hydrogen-bond acceptors (Lipinski definition) is 5. The molecule has 2 fully saturated rings. The third kappa shape index (κ3) is 12.8. The Bertz CT molecular complexity index is 1620. The minimum absolute atomic E-state index is 0.0943. The molecule has 2 bridgehead atoms. The zero-order chi connectivity index (χ0) is 38.2. The van der Waals surface area contributed by atoms with Crippen molar-refractivity contribution in [3.63, 3.8) is 0 Å². The topological polar surface area (TPSA) is 85.0 Å². The number of benzene rings is 2. The fourth-order valence-electron chi connectivity index (χ4n) is 7.31. The number of rotatable bonds is 11. The molecule has 4 aliphatic rings. The Morgan fingerprint density at radius 2 is 1.70 bits per heavy atom. The molecule has 2 aromatic rings. The summed E-state index contributed by atoms with van der Waals surface area (Å²) >= 11 is 6.07. The first kappa shape index (κ1) is 41.7. The van der Waals surface area contributed by atoms with Gasteiger partial charge in [-0.15, -0.1) is 5.73 Å². The predicted molar refractivity (Wildman–Crippen MR) is 212 cm³/mol. The summed E-state index contributed by atoms with van der Waals surface area (Å²) < 4.78 is 14.4. The van der Waals surface area contributed by atoms with Crippen LogP contribution < -0.4 is 10.6 Å². The van der Waals surface area contributed by atoms with Crippen molar-refractivity contribution in [2.75, 3.05) is 46.3 Å². The smallest absolute Gasteiger partial charge is 0.245 e. The van der Waals surface area contributed by atoms with Gasteiger partial charge in [-0.1, -0.05) is 87.2 Å². The highest BCUT2D eigenvalue weighted by Crippen LogP contribution is 2.25. The van der Waals surface area contributed by atoms with E-state index >= 15 is 0 Å². The van der Waals surface area contributed by atoms with Crippen LogP contribution in [0, 0.1) is 11.7 Å². The maximum atomic E-state index is 14.4. The molecule has 6 rings (SSSR count). The van der Waals surface area contributed by atoms with E-state index in [4.69, 9.17) is 11.6 Å². The normalized spacial score (nSPS) is 19.5. The van der Waals surface area contributed by atoms with Crippen molar-refractivity contribution >= 4 is 29.8 Å². The molecule has 53 heavy (non-hydrogen) atoms. The fraction of sp³-hybridized carbons (Fsp3) is 0.488. The largest absolute Gasteiger partial charge is 0.348 e. The SMILES string of the molecule is CC.CC(c1ccccc1F)N1CCN(C(=O)C(Cc2ccc(Cl)cc2)NC(=O)CC2NCC3=C=C2C=CC=C3)CC1.CN(C=O)CC1CCCCC1. The Morgan fingerprint density at radius 1 is 1.02 bits per heavy atom. The Balaban J connectivity index is 0.000000411. The van der Waals surface area contributed by atoms with Crippen LogP contribution >= 0.6 is 11.6 Å². The number of allylic oxidation sites excluding steroid dienone is 2. The van der Waals surface area contributed by atoms with E-state index in [1.807, 2.05) is 81.3 Å². The van der Waals surface area contributed by atoms with Gasteiger partial charge in [0, 0.05) is 93.0 Å². The van der Waals surface area contributed by atoms with E-state index in [-0.39, 0.29) is 36.1 Å². The molecule has 2 aliphatic carbocycles. The van der Waals surface area contributed by atoms with Crippen molar-refractivity contribution in [1.82, 2.24) is 25.3 Å². The molecule has 2 aliphatic heterocycles. The molecule has 0 radical (unpaired) electrons. The van der Waals surface area contributed by atoms with Crippen LogP contribution in [0.4, 0.5) is 4.39 Å². The molecule has 2 heterocycles. The first-order valence-electron chi connectivity index (χ1n) is 19.2. The average Bonchev–Trinajstić information content (AvgIpc) is 3.39. The van der Waals surface area contributed by atoms with E-state index in [9.17, 15) is 18.8 Å². The Morgan fingerprint density at radius 3 is 2.38 bits per heavy atom. The molecule has 1 saturated carbocycles. The molecule has 0 spiro atoms. The van der Waals surface area contributed by atoms with Crippen LogP contribution in [0.25, 0.3) is 0 Å². The number of carbonyl (C=O) groups is 3. The van der Waals surface area contributed by atoms with Crippen molar-refractivity contribution in [2.45, 2.75) is 83.8 Å². The first-order chi connectivity index (χ1) is 25.7. The van der Waals surface area contributed by atoms with Gasteiger partial charge in [-0.2, -0.15) is 0 Å². The summed E-state index contributed by atoms with van der Waals surface area (Å²) in [4.78, 5) is 43.1. The summed E-state index contributed by atoms with van der Waals surface area (Å²) in [6.45, 7) is 9.86. The van der Waals surface area contributed by atoms with E-state index in [0.29, 0.717) is 49.7 Å². The lowest BCUT2D eigenvalue weighted by Gasteiger charge is -2.39. The van der Waals surface area contributed by atoms with Crippen molar-refractivity contribution in [2.24, 2.45) is 5.92 Å². The van der Waals surface area contributed by atoms with Crippen LogP contribution in [0.5, 0.6) is 0 Å². The number of nitrogens with zero attached hydrogens (tertiary/aromatic N) is 3. The van der Waals surface area contributed by atoms with Crippen LogP contribution in [-0.4, -0.2) is 91.3 Å². The average molecular weight is 746 g/mol. The van der Waals surface area contributed by atoms with E-state index in [1.165, 1.54) is 38.2 Å². The number of amides is 3. The van der Waals surface area contributed by atoms with Crippen molar-refractivity contribution in [3.8, 4) is 0 Å². The number of piperazine rings is 1. The minimum Gasteiger partial charge on any atom is -0.348 e. The van der Waals surface area contributed by atoms with Gasteiger partial charge in [-0.25, -0.2) is 4.39 Å². The molecule has 2 N–H and O–H groups in total. The quantitative estimate of drug-likeness (QED) is 0.191. The van der Waals surface area contributed by atoms with Crippen LogP contribution in [-0.2, 0) is 20.8 Å². The summed E-state index contributed by atoms with van der Waals surface area (Å²) in [6.07, 6.45) is 16.1. The summed E-state index contributed by atoms with van der Waals surface area (Å²) in [5.74, 6) is 0.252. The van der Waals surface area contributed by atoms with Crippen LogP contribution in [0.15, 0.2) is 89.7 Å². The lowest BCUT2D eigenvalue weighted by Crippen LogP contribution is -2.56. The summed E-state index contributed by atoms with van der Waals surface area (Å²) in [5.41, 5.74) is 6.93. The highest BCUT2D eigenvalue weighted by molar-refractivity contribution is 6.30. The molecule has 3 amide bonds. The zero-order valence-corrected chi connectivity index (χ0v) is 32.6. The minimum atomic E-state index is -0.709. The second-order valence-electron chi connectivity index (χ2n) is 14.0. The number of carbonyl (C=O) groups excluding carboxylic acids is 3. The van der Waals surface area contributed by atoms with Crippen molar-refractivity contribution < 1.29 is 18.8 Å². The molecule has 3 atom stereocenters. The van der Waals surface area contributed by atoms with Crippen LogP contribution in [0.3, 0.4) is 0 Å². The maximum Gasteiger partial charge on any atom is 0.245 e. The van der Waals surface area contributed by atoms with Crippen molar-refractivity contribution in [1.29, 1.82) is 0 Å². The molecular weight excluding hydrogens is 689 g/mol. The van der Waals surface area contributed by atoms with Crippen LogP contribution in [0.2, 0.25) is 5.02 Å². The van der Waals surface area contributed by atoms with E-state index in [0.717, 1.165) is 35.6 Å². The Kier molecular flexibility index (Phi) is 17.0. The highest BCUT2D eigenvalue weighted by Gasteiger charge is 2.32. The predicted octanol–water partition coefficient (Wildman–Crippen LogP) is 7.03. The molecular formula is C43H57ClFN5O3. The van der Waals surface area contributed by atoms with Gasteiger partial charge in [-0.05, 0) is 61.6 Å². The third-order valence-corrected chi connectivity index (χ3v) is 10.5. The molecule has 1 saturated heterocycles. The molecule has 286 valence electrons. The van der Waals surface area contributed by atoms with Crippen molar-refractivity contribution in [3.05, 3.63) is 112 Å². The number of halogens is 2. The summed E-state index contributed by atoms with van der Waals surface area (Å²) in [6, 6.07) is 13.2. The second kappa shape index (κ2) is 21.6. The fourth-order valence-corrected chi connectivity index (χ4v) is 7.43. The first-order valence-corrected chi connectivity index (χ1v) is 19.6. The Hall–Kier alpha value is -4.01. The van der Waals surface area contributed by atoms with Gasteiger partial charge in [0.15, 0.2) is 0 Å². The Labute approximate surface area is 320 Å². The molecule has 8 nitrogen and oxygen atoms in total. The lowest BCUT2D eigenvalue weighted by molar-refractivity contribution is -0.138. The standard InChI is InChI=1S/C32H34ClFN4O2.C9H17NO.C2H6/c1-22(27-8-4-5-9-28(27)34)37-14-16-38(17-15-37)32(40)30(19-23-10-12-26(33)13-11-23)36-31(39)20-29-25-7-3-2-6-24(18-25)21-35-29;1-10(8-11)7-9-5-3-2-4-6-9;1-2/h2-13,22,29-30,35H,14-17,19-21H2,1H3,(H,36,39);8-9H,2-7H2,1H3;1-2H3. The highest BCUT2D eigenvalue weighted by atomic mass is 35.5. The lowest BCUT2D eigenvalue weighted by atomic mass is 9.89. The molecule has 2 aromatic carbocycles. The van der Waals surface area contributed by atoms with E-state index in [1.54, 1.807) is 23.1 Å². The zero-order valence-electron chi connectivity index (χ0n) is 31.8. The second-order valence-corrected chi connectivity index (χ2v) is 14.5. The van der Waals surface area contributed by atoms with Gasteiger partial charge in [0.2, 0.25) is 18.2 Å². The molecule has 3 unspecified atom stereocenters. The van der Waals surface area contributed by atoms with Gasteiger partial charge in [0.25, 0.3) is 0 Å². The van der Waals surface area contributed by atoms with Crippen LogP contribution in [0.1, 0.15) is 76.5 Å². The van der Waals surface area contributed by atoms with E-state index in [2.05, 4.69) is 21.3 Å². The van der Waals surface area contributed by atoms with Gasteiger partial charge < -0.3 is 20.4 Å². The third-order valence-electron chi connectivity index (χ3n) is 10.3. The molecule has 0 aromatic heterocycles.